The van der Waals surface area contributed by atoms with Crippen LogP contribution in [0.15, 0.2) is 42.5 Å². The summed E-state index contributed by atoms with van der Waals surface area (Å²) in [5.41, 5.74) is 4.26. The predicted octanol–water partition coefficient (Wildman–Crippen LogP) is 3.77. The van der Waals surface area contributed by atoms with Crippen molar-refractivity contribution in [3.05, 3.63) is 59.4 Å². The van der Waals surface area contributed by atoms with Crippen LogP contribution in [0, 0.1) is 17.7 Å². The lowest BCUT2D eigenvalue weighted by Gasteiger charge is -2.26. The van der Waals surface area contributed by atoms with Crippen molar-refractivity contribution in [1.29, 1.82) is 0 Å². The van der Waals surface area contributed by atoms with Gasteiger partial charge >= 0.3 is 0 Å². The SMILES string of the molecule is CCCC(OC)ONC(=O)C1CCc2cc(C#CCOc3ccc(F)cc3)ccc2O1. The lowest BCUT2D eigenvalue weighted by atomic mass is 10.00. The summed E-state index contributed by atoms with van der Waals surface area (Å²) < 4.78 is 29.3. The molecule has 0 bridgehead atoms. The minimum Gasteiger partial charge on any atom is -0.481 e. The Hall–Kier alpha value is -3.08. The van der Waals surface area contributed by atoms with Crippen molar-refractivity contribution in [3.63, 3.8) is 0 Å². The molecule has 0 aliphatic carbocycles. The maximum Gasteiger partial charge on any atom is 0.284 e. The Labute approximate surface area is 181 Å². The van der Waals surface area contributed by atoms with Crippen LogP contribution in [0.5, 0.6) is 11.5 Å². The standard InChI is InChI=1S/C24H26FNO5/c1-3-5-23(28-2)31-26-24(27)22-14-8-18-16-17(7-13-21(18)30-22)6-4-15-29-20-11-9-19(25)10-12-20/h7,9-13,16,22-23H,3,5,8,14-15H2,1-2H3,(H,26,27). The number of methoxy groups -OCH3 is 1. The summed E-state index contributed by atoms with van der Waals surface area (Å²) in [4.78, 5) is 17.6. The van der Waals surface area contributed by atoms with E-state index in [2.05, 4.69) is 17.3 Å². The molecule has 164 valence electrons. The lowest BCUT2D eigenvalue weighted by Crippen LogP contribution is -2.42. The van der Waals surface area contributed by atoms with E-state index in [1.165, 1.54) is 19.2 Å². The van der Waals surface area contributed by atoms with Crippen LogP contribution < -0.4 is 15.0 Å². The number of aryl methyl sites for hydroxylation is 1. The van der Waals surface area contributed by atoms with Crippen molar-refractivity contribution in [3.8, 4) is 23.3 Å². The van der Waals surface area contributed by atoms with E-state index in [0.29, 0.717) is 30.8 Å². The topological polar surface area (TPSA) is 66.0 Å². The summed E-state index contributed by atoms with van der Waals surface area (Å²) in [6.45, 7) is 2.21. The molecule has 3 rings (SSSR count). The first-order valence-corrected chi connectivity index (χ1v) is 10.2. The molecular formula is C24H26FNO5. The number of nitrogens with one attached hydrogen (secondary N) is 1. The summed E-state index contributed by atoms with van der Waals surface area (Å²) in [6.07, 6.45) is 1.70. The third-order valence-electron chi connectivity index (χ3n) is 4.73. The Morgan fingerprint density at radius 2 is 2.10 bits per heavy atom. The van der Waals surface area contributed by atoms with E-state index in [1.807, 2.05) is 25.1 Å². The first-order valence-electron chi connectivity index (χ1n) is 10.2. The Balaban J connectivity index is 1.51. The first-order chi connectivity index (χ1) is 15.1. The summed E-state index contributed by atoms with van der Waals surface area (Å²) in [6, 6.07) is 11.4. The Bertz CT molecular complexity index is 935. The zero-order valence-corrected chi connectivity index (χ0v) is 17.7. The minimum absolute atomic E-state index is 0.196. The van der Waals surface area contributed by atoms with Crippen molar-refractivity contribution in [1.82, 2.24) is 5.48 Å². The molecule has 1 N–H and O–H groups in total. The minimum atomic E-state index is -0.618. The van der Waals surface area contributed by atoms with E-state index in [-0.39, 0.29) is 18.3 Å². The van der Waals surface area contributed by atoms with Gasteiger partial charge in [0.05, 0.1) is 0 Å². The van der Waals surface area contributed by atoms with Crippen molar-refractivity contribution < 1.29 is 28.2 Å². The number of ether oxygens (including phenoxy) is 3. The van der Waals surface area contributed by atoms with Crippen LogP contribution in [0.1, 0.15) is 37.3 Å². The van der Waals surface area contributed by atoms with Gasteiger partial charge in [-0.25, -0.2) is 14.7 Å². The molecule has 6 nitrogen and oxygen atoms in total. The molecule has 0 aromatic heterocycles. The van der Waals surface area contributed by atoms with Gasteiger partial charge < -0.3 is 14.2 Å². The number of benzene rings is 2. The molecule has 0 fully saturated rings. The van der Waals surface area contributed by atoms with Gasteiger partial charge in [-0.15, -0.1) is 0 Å². The van der Waals surface area contributed by atoms with E-state index < -0.39 is 12.4 Å². The fraction of sp³-hybridized carbons (Fsp3) is 0.375. The van der Waals surface area contributed by atoms with Gasteiger partial charge in [0.2, 0.25) is 0 Å². The van der Waals surface area contributed by atoms with Gasteiger partial charge in [-0.1, -0.05) is 25.2 Å². The summed E-state index contributed by atoms with van der Waals surface area (Å²) in [5.74, 6) is 6.58. The predicted molar refractivity (Wildman–Crippen MR) is 113 cm³/mol. The maximum absolute atomic E-state index is 12.9. The molecule has 1 amide bonds. The van der Waals surface area contributed by atoms with Crippen molar-refractivity contribution >= 4 is 5.91 Å². The molecule has 1 heterocycles. The highest BCUT2D eigenvalue weighted by Gasteiger charge is 2.27. The van der Waals surface area contributed by atoms with Crippen molar-refractivity contribution in [2.75, 3.05) is 13.7 Å². The summed E-state index contributed by atoms with van der Waals surface area (Å²) >= 11 is 0. The number of carbonyl (C=O) groups excluding carboxylic acids is 1. The van der Waals surface area contributed by atoms with Crippen LogP contribution in [-0.2, 0) is 20.8 Å². The molecule has 0 radical (unpaired) electrons. The molecule has 0 saturated carbocycles. The molecule has 31 heavy (non-hydrogen) atoms. The third kappa shape index (κ3) is 6.71. The van der Waals surface area contributed by atoms with Crippen LogP contribution in [0.3, 0.4) is 0 Å². The number of hydrogen-bond acceptors (Lipinski definition) is 5. The highest BCUT2D eigenvalue weighted by Crippen LogP contribution is 2.28. The fourth-order valence-corrected chi connectivity index (χ4v) is 3.09. The fourth-order valence-electron chi connectivity index (χ4n) is 3.09. The molecule has 2 aromatic carbocycles. The van der Waals surface area contributed by atoms with Gasteiger partial charge in [0.25, 0.3) is 5.91 Å². The van der Waals surface area contributed by atoms with Gasteiger partial charge in [0, 0.05) is 19.1 Å². The zero-order valence-electron chi connectivity index (χ0n) is 17.7. The zero-order chi connectivity index (χ0) is 22.1. The smallest absolute Gasteiger partial charge is 0.284 e. The van der Waals surface area contributed by atoms with Crippen LogP contribution in [-0.4, -0.2) is 32.0 Å². The van der Waals surface area contributed by atoms with Crippen molar-refractivity contribution in [2.45, 2.75) is 45.0 Å². The second-order valence-corrected chi connectivity index (χ2v) is 7.05. The number of carbonyl (C=O) groups is 1. The number of halogens is 1. The largest absolute Gasteiger partial charge is 0.481 e. The Morgan fingerprint density at radius 3 is 2.84 bits per heavy atom. The molecule has 2 aromatic rings. The van der Waals surface area contributed by atoms with Crippen LogP contribution in [0.25, 0.3) is 0 Å². The molecule has 1 aliphatic rings. The normalized spacial score (nSPS) is 15.6. The lowest BCUT2D eigenvalue weighted by molar-refractivity contribution is -0.184. The molecule has 2 unspecified atom stereocenters. The quantitative estimate of drug-likeness (QED) is 0.395. The monoisotopic (exact) mass is 427 g/mol. The molecule has 0 saturated heterocycles. The van der Waals surface area contributed by atoms with Gasteiger partial charge in [0.15, 0.2) is 12.4 Å². The summed E-state index contributed by atoms with van der Waals surface area (Å²) in [7, 11) is 1.54. The molecule has 2 atom stereocenters. The number of fused-ring (bicyclic) bond motifs is 1. The van der Waals surface area contributed by atoms with E-state index in [0.717, 1.165) is 17.5 Å². The van der Waals surface area contributed by atoms with E-state index in [4.69, 9.17) is 19.0 Å². The summed E-state index contributed by atoms with van der Waals surface area (Å²) in [5, 5.41) is 0. The Kier molecular flexibility index (Phi) is 8.27. The van der Waals surface area contributed by atoms with E-state index >= 15 is 0 Å². The highest BCUT2D eigenvalue weighted by atomic mass is 19.1. The number of rotatable bonds is 8. The number of hydrogen-bond donors (Lipinski definition) is 1. The van der Waals surface area contributed by atoms with E-state index in [9.17, 15) is 9.18 Å². The van der Waals surface area contributed by atoms with Crippen LogP contribution >= 0.6 is 0 Å². The number of hydroxylamine groups is 1. The van der Waals surface area contributed by atoms with Crippen molar-refractivity contribution in [2.24, 2.45) is 0 Å². The molecule has 0 spiro atoms. The molecule has 1 aliphatic heterocycles. The van der Waals surface area contributed by atoms with Gasteiger partial charge in [-0.05, 0) is 60.9 Å². The molecule has 7 heteroatoms. The Morgan fingerprint density at radius 1 is 1.29 bits per heavy atom. The van der Waals surface area contributed by atoms with E-state index in [1.54, 1.807) is 12.1 Å². The second kappa shape index (κ2) is 11.3. The average Bonchev–Trinajstić information content (AvgIpc) is 2.80. The highest BCUT2D eigenvalue weighted by molar-refractivity contribution is 5.80. The van der Waals surface area contributed by atoms with Crippen LogP contribution in [0.4, 0.5) is 4.39 Å². The second-order valence-electron chi connectivity index (χ2n) is 7.05. The average molecular weight is 427 g/mol. The van der Waals surface area contributed by atoms with Gasteiger partial charge in [-0.2, -0.15) is 0 Å². The maximum atomic E-state index is 12.9. The number of amides is 1. The first kappa shape index (κ1) is 22.6. The van der Waals surface area contributed by atoms with Crippen LogP contribution in [0.2, 0.25) is 0 Å². The van der Waals surface area contributed by atoms with Gasteiger partial charge in [0.1, 0.15) is 23.9 Å². The molecular weight excluding hydrogens is 401 g/mol. The van der Waals surface area contributed by atoms with Gasteiger partial charge in [-0.3, -0.25) is 4.79 Å². The third-order valence-corrected chi connectivity index (χ3v) is 4.73.